The second kappa shape index (κ2) is 6.77. The zero-order valence-electron chi connectivity index (χ0n) is 11.0. The lowest BCUT2D eigenvalue weighted by Gasteiger charge is -2.30. The predicted molar refractivity (Wildman–Crippen MR) is 67.5 cm³/mol. The summed E-state index contributed by atoms with van der Waals surface area (Å²) in [4.78, 5) is 14.0. The van der Waals surface area contributed by atoms with Crippen molar-refractivity contribution in [3.8, 4) is 0 Å². The molecule has 0 unspecified atom stereocenters. The minimum atomic E-state index is 0.128. The van der Waals surface area contributed by atoms with Crippen LogP contribution in [-0.4, -0.2) is 29.6 Å². The van der Waals surface area contributed by atoms with Crippen LogP contribution in [-0.2, 0) is 0 Å². The smallest absolute Gasteiger partial charge is 0.317 e. The van der Waals surface area contributed by atoms with Gasteiger partial charge in [0, 0.05) is 18.6 Å². The van der Waals surface area contributed by atoms with Crippen LogP contribution in [0.5, 0.6) is 0 Å². The van der Waals surface area contributed by atoms with Gasteiger partial charge in [-0.3, -0.25) is 0 Å². The highest BCUT2D eigenvalue weighted by atomic mass is 16.2. The summed E-state index contributed by atoms with van der Waals surface area (Å²) < 4.78 is 0. The van der Waals surface area contributed by atoms with E-state index in [4.69, 9.17) is 0 Å². The fourth-order valence-electron chi connectivity index (χ4n) is 2.34. The van der Waals surface area contributed by atoms with Crippen molar-refractivity contribution in [2.24, 2.45) is 0 Å². The minimum absolute atomic E-state index is 0.128. The number of nitrogens with zero attached hydrogens (tertiary/aromatic N) is 1. The Labute approximate surface area is 99.6 Å². The predicted octanol–water partition coefficient (Wildman–Crippen LogP) is 3.15. The van der Waals surface area contributed by atoms with Gasteiger partial charge in [-0.2, -0.15) is 0 Å². The van der Waals surface area contributed by atoms with Crippen molar-refractivity contribution in [3.05, 3.63) is 0 Å². The van der Waals surface area contributed by atoms with E-state index in [-0.39, 0.29) is 6.03 Å². The van der Waals surface area contributed by atoms with Crippen LogP contribution in [0.1, 0.15) is 59.3 Å². The molecule has 1 aliphatic carbocycles. The second-order valence-corrected chi connectivity index (χ2v) is 5.07. The summed E-state index contributed by atoms with van der Waals surface area (Å²) in [6.45, 7) is 7.13. The molecule has 0 aromatic heterocycles. The lowest BCUT2D eigenvalue weighted by molar-refractivity contribution is 0.176. The number of hydrogen-bond donors (Lipinski definition) is 1. The number of urea groups is 1. The summed E-state index contributed by atoms with van der Waals surface area (Å²) in [7, 11) is 0. The largest absolute Gasteiger partial charge is 0.335 e. The minimum Gasteiger partial charge on any atom is -0.335 e. The van der Waals surface area contributed by atoms with Crippen LogP contribution >= 0.6 is 0 Å². The molecule has 0 spiro atoms. The van der Waals surface area contributed by atoms with Gasteiger partial charge in [-0.25, -0.2) is 4.79 Å². The Morgan fingerprint density at radius 2 is 1.94 bits per heavy atom. The van der Waals surface area contributed by atoms with E-state index >= 15 is 0 Å². The average molecular weight is 226 g/mol. The normalized spacial score (nSPS) is 17.5. The van der Waals surface area contributed by atoms with Crippen molar-refractivity contribution in [1.29, 1.82) is 0 Å². The van der Waals surface area contributed by atoms with E-state index < -0.39 is 0 Å². The van der Waals surface area contributed by atoms with Gasteiger partial charge in [0.15, 0.2) is 0 Å². The van der Waals surface area contributed by atoms with Gasteiger partial charge in [0.05, 0.1) is 0 Å². The molecular weight excluding hydrogens is 200 g/mol. The molecule has 1 saturated carbocycles. The maximum atomic E-state index is 12.1. The first kappa shape index (κ1) is 13.3. The Bertz CT molecular complexity index is 210. The number of carbonyl (C=O) groups is 1. The zero-order valence-corrected chi connectivity index (χ0v) is 11.0. The van der Waals surface area contributed by atoms with E-state index in [0.717, 1.165) is 25.8 Å². The Morgan fingerprint density at radius 1 is 1.31 bits per heavy atom. The van der Waals surface area contributed by atoms with Crippen LogP contribution in [0.25, 0.3) is 0 Å². The third-order valence-corrected chi connectivity index (χ3v) is 3.28. The van der Waals surface area contributed by atoms with Gasteiger partial charge >= 0.3 is 6.03 Å². The lowest BCUT2D eigenvalue weighted by atomic mass is 9.96. The van der Waals surface area contributed by atoms with Crippen molar-refractivity contribution < 1.29 is 4.79 Å². The Balaban J connectivity index is 2.40. The number of rotatable bonds is 4. The molecule has 3 heteroatoms. The molecule has 0 saturated heterocycles. The Kier molecular flexibility index (Phi) is 5.64. The Morgan fingerprint density at radius 3 is 2.44 bits per heavy atom. The molecule has 1 rings (SSSR count). The van der Waals surface area contributed by atoms with Crippen molar-refractivity contribution >= 4 is 6.03 Å². The Hall–Kier alpha value is -0.730. The molecule has 16 heavy (non-hydrogen) atoms. The van der Waals surface area contributed by atoms with Gasteiger partial charge in [-0.15, -0.1) is 0 Å². The number of hydrogen-bond acceptors (Lipinski definition) is 1. The molecule has 1 aliphatic rings. The summed E-state index contributed by atoms with van der Waals surface area (Å²) in [6, 6.07) is 0.839. The third-order valence-electron chi connectivity index (χ3n) is 3.28. The van der Waals surface area contributed by atoms with Gasteiger partial charge < -0.3 is 10.2 Å². The third kappa shape index (κ3) is 4.03. The van der Waals surface area contributed by atoms with Crippen molar-refractivity contribution in [2.45, 2.75) is 71.4 Å². The summed E-state index contributed by atoms with van der Waals surface area (Å²) in [5.41, 5.74) is 0. The molecule has 94 valence electrons. The van der Waals surface area contributed by atoms with Crippen LogP contribution in [0.3, 0.4) is 0 Å². The van der Waals surface area contributed by atoms with E-state index in [2.05, 4.69) is 26.1 Å². The van der Waals surface area contributed by atoms with E-state index in [1.807, 2.05) is 4.90 Å². The second-order valence-electron chi connectivity index (χ2n) is 5.07. The van der Waals surface area contributed by atoms with Gasteiger partial charge in [-0.1, -0.05) is 26.2 Å². The van der Waals surface area contributed by atoms with Crippen LogP contribution in [0.4, 0.5) is 4.79 Å². The standard InChI is InChI=1S/C13H26N2O/c1-4-10-15(11(2)3)13(16)14-12-8-6-5-7-9-12/h11-12H,4-10H2,1-3H3,(H,14,16). The first-order valence-electron chi connectivity index (χ1n) is 6.72. The highest BCUT2D eigenvalue weighted by Crippen LogP contribution is 2.17. The molecule has 0 aromatic rings. The SMILES string of the molecule is CCCN(C(=O)NC1CCCCC1)C(C)C. The maximum absolute atomic E-state index is 12.1. The average Bonchev–Trinajstić information content (AvgIpc) is 2.26. The fraction of sp³-hybridized carbons (Fsp3) is 0.923. The van der Waals surface area contributed by atoms with Crippen LogP contribution in [0.15, 0.2) is 0 Å². The molecule has 0 radical (unpaired) electrons. The van der Waals surface area contributed by atoms with Gasteiger partial charge in [0.2, 0.25) is 0 Å². The molecule has 0 heterocycles. The van der Waals surface area contributed by atoms with Gasteiger partial charge in [-0.05, 0) is 33.1 Å². The van der Waals surface area contributed by atoms with Crippen LogP contribution in [0.2, 0.25) is 0 Å². The first-order valence-corrected chi connectivity index (χ1v) is 6.72. The van der Waals surface area contributed by atoms with Crippen LogP contribution in [0, 0.1) is 0 Å². The molecule has 3 nitrogen and oxygen atoms in total. The van der Waals surface area contributed by atoms with Crippen molar-refractivity contribution in [3.63, 3.8) is 0 Å². The van der Waals surface area contributed by atoms with Crippen molar-refractivity contribution in [1.82, 2.24) is 10.2 Å². The quantitative estimate of drug-likeness (QED) is 0.784. The molecule has 1 N–H and O–H groups in total. The monoisotopic (exact) mass is 226 g/mol. The lowest BCUT2D eigenvalue weighted by Crippen LogP contribution is -2.48. The van der Waals surface area contributed by atoms with E-state index in [1.165, 1.54) is 19.3 Å². The summed E-state index contributed by atoms with van der Waals surface area (Å²) in [6.07, 6.45) is 7.19. The zero-order chi connectivity index (χ0) is 12.0. The van der Waals surface area contributed by atoms with Gasteiger partial charge in [0.25, 0.3) is 0 Å². The number of amides is 2. The van der Waals surface area contributed by atoms with Crippen LogP contribution < -0.4 is 5.32 Å². The topological polar surface area (TPSA) is 32.3 Å². The molecule has 2 amide bonds. The summed E-state index contributed by atoms with van der Waals surface area (Å²) in [5.74, 6) is 0. The highest BCUT2D eigenvalue weighted by Gasteiger charge is 2.20. The number of nitrogens with one attached hydrogen (secondary N) is 1. The molecule has 1 fully saturated rings. The highest BCUT2D eigenvalue weighted by molar-refractivity contribution is 5.74. The molecule has 0 atom stereocenters. The summed E-state index contributed by atoms with van der Waals surface area (Å²) >= 11 is 0. The fourth-order valence-corrected chi connectivity index (χ4v) is 2.34. The molecule has 0 aliphatic heterocycles. The summed E-state index contributed by atoms with van der Waals surface area (Å²) in [5, 5.41) is 3.17. The molecule has 0 aromatic carbocycles. The van der Waals surface area contributed by atoms with E-state index in [9.17, 15) is 4.79 Å². The molecule has 0 bridgehead atoms. The number of carbonyl (C=O) groups excluding carboxylic acids is 1. The van der Waals surface area contributed by atoms with E-state index in [0.29, 0.717) is 12.1 Å². The van der Waals surface area contributed by atoms with Crippen molar-refractivity contribution in [2.75, 3.05) is 6.54 Å². The van der Waals surface area contributed by atoms with E-state index in [1.54, 1.807) is 0 Å². The van der Waals surface area contributed by atoms with Gasteiger partial charge in [0.1, 0.15) is 0 Å². The first-order chi connectivity index (χ1) is 7.65. The maximum Gasteiger partial charge on any atom is 0.317 e. The molecular formula is C13H26N2O.